The number of aryl methyl sites for hydroxylation is 1. The second-order valence-electron chi connectivity index (χ2n) is 7.11. The number of allylic oxidation sites excluding steroid dienone is 2. The Morgan fingerprint density at radius 1 is 1.21 bits per heavy atom. The van der Waals surface area contributed by atoms with Gasteiger partial charge in [0.25, 0.3) is 17.7 Å². The summed E-state index contributed by atoms with van der Waals surface area (Å²) >= 11 is 3.26. The van der Waals surface area contributed by atoms with Crippen LogP contribution in [0.3, 0.4) is 0 Å². The van der Waals surface area contributed by atoms with Crippen LogP contribution in [0.1, 0.15) is 16.9 Å². The quantitative estimate of drug-likeness (QED) is 0.599. The molecule has 0 radical (unpaired) electrons. The molecule has 7 nitrogen and oxygen atoms in total. The number of nitrogens with zero attached hydrogens (tertiary/aromatic N) is 3. The van der Waals surface area contributed by atoms with Gasteiger partial charge in [0, 0.05) is 13.2 Å². The van der Waals surface area contributed by atoms with Gasteiger partial charge in [0.2, 0.25) is 0 Å². The van der Waals surface area contributed by atoms with Crippen molar-refractivity contribution in [2.45, 2.75) is 6.42 Å². The van der Waals surface area contributed by atoms with Gasteiger partial charge < -0.3 is 0 Å². The minimum atomic E-state index is -0.562. The normalized spacial score (nSPS) is 38.3. The molecule has 4 aliphatic carbocycles. The molecule has 1 aromatic rings. The van der Waals surface area contributed by atoms with Crippen molar-refractivity contribution < 1.29 is 14.4 Å². The monoisotopic (exact) mass is 390 g/mol. The number of nitrogens with one attached hydrogen (secondary N) is 1. The summed E-state index contributed by atoms with van der Waals surface area (Å²) < 4.78 is 2.01. The summed E-state index contributed by atoms with van der Waals surface area (Å²) in [6.45, 7) is 0. The third-order valence-electron chi connectivity index (χ3n) is 5.88. The molecule has 2 heterocycles. The fourth-order valence-electron chi connectivity index (χ4n) is 4.84. The molecule has 6 atom stereocenters. The van der Waals surface area contributed by atoms with Gasteiger partial charge in [-0.05, 0) is 46.0 Å². The predicted molar refractivity (Wildman–Crippen MR) is 84.9 cm³/mol. The highest BCUT2D eigenvalue weighted by atomic mass is 79.9. The highest BCUT2D eigenvalue weighted by molar-refractivity contribution is 9.10. The number of amides is 3. The molecule has 1 aliphatic heterocycles. The molecule has 0 unspecified atom stereocenters. The van der Waals surface area contributed by atoms with Crippen LogP contribution in [0.2, 0.25) is 0 Å². The van der Waals surface area contributed by atoms with E-state index in [1.807, 2.05) is 0 Å². The van der Waals surface area contributed by atoms with E-state index in [1.165, 1.54) is 4.68 Å². The maximum Gasteiger partial charge on any atom is 0.291 e. The summed E-state index contributed by atoms with van der Waals surface area (Å²) in [6, 6.07) is 0. The summed E-state index contributed by atoms with van der Waals surface area (Å²) in [6.07, 6.45) is 6.96. The van der Waals surface area contributed by atoms with Crippen molar-refractivity contribution in [1.29, 1.82) is 0 Å². The highest BCUT2D eigenvalue weighted by Crippen LogP contribution is 2.65. The molecular weight excluding hydrogens is 376 g/mol. The molecule has 8 heteroatoms. The molecule has 0 aromatic carbocycles. The van der Waals surface area contributed by atoms with Crippen LogP contribution in [-0.2, 0) is 16.6 Å². The molecule has 1 saturated heterocycles. The number of carbonyl (C=O) groups is 3. The van der Waals surface area contributed by atoms with Crippen LogP contribution in [0.4, 0.5) is 0 Å². The van der Waals surface area contributed by atoms with Gasteiger partial charge in [-0.25, -0.2) is 0 Å². The lowest BCUT2D eigenvalue weighted by Crippen LogP contribution is -2.47. The Morgan fingerprint density at radius 3 is 2.29 bits per heavy atom. The first kappa shape index (κ1) is 14.4. The third kappa shape index (κ3) is 1.72. The van der Waals surface area contributed by atoms with E-state index in [9.17, 15) is 14.4 Å². The fraction of sp³-hybridized carbons (Fsp3) is 0.500. The van der Waals surface area contributed by atoms with E-state index in [0.717, 1.165) is 11.4 Å². The summed E-state index contributed by atoms with van der Waals surface area (Å²) in [4.78, 5) is 38.0. The maximum atomic E-state index is 12.8. The number of aromatic nitrogens is 2. The number of carbonyl (C=O) groups excluding carboxylic acids is 3. The summed E-state index contributed by atoms with van der Waals surface area (Å²) in [5.74, 6) is -0.391. The van der Waals surface area contributed by atoms with Crippen molar-refractivity contribution in [2.75, 3.05) is 0 Å². The first-order valence-electron chi connectivity index (χ1n) is 8.03. The minimum Gasteiger partial charge on any atom is -0.274 e. The Hall–Kier alpha value is -1.96. The van der Waals surface area contributed by atoms with E-state index in [2.05, 4.69) is 38.6 Å². The van der Waals surface area contributed by atoms with Gasteiger partial charge >= 0.3 is 0 Å². The van der Waals surface area contributed by atoms with Crippen LogP contribution in [-0.4, -0.2) is 32.5 Å². The van der Waals surface area contributed by atoms with Crippen LogP contribution < -0.4 is 5.43 Å². The number of hydrazine groups is 1. The molecule has 1 aromatic heterocycles. The lowest BCUT2D eigenvalue weighted by atomic mass is 9.63. The zero-order valence-electron chi connectivity index (χ0n) is 12.8. The molecule has 3 fully saturated rings. The molecule has 3 amide bonds. The van der Waals surface area contributed by atoms with Gasteiger partial charge in [-0.1, -0.05) is 12.2 Å². The lowest BCUT2D eigenvalue weighted by Gasteiger charge is -2.37. The van der Waals surface area contributed by atoms with Gasteiger partial charge in [0.05, 0.1) is 16.3 Å². The fourth-order valence-corrected chi connectivity index (χ4v) is 5.39. The molecule has 24 heavy (non-hydrogen) atoms. The summed E-state index contributed by atoms with van der Waals surface area (Å²) in [5, 5.41) is 4.98. The lowest BCUT2D eigenvalue weighted by molar-refractivity contribution is -0.143. The highest BCUT2D eigenvalue weighted by Gasteiger charge is 2.67. The number of halogens is 1. The van der Waals surface area contributed by atoms with Crippen molar-refractivity contribution in [3.63, 3.8) is 0 Å². The Morgan fingerprint density at radius 2 is 1.79 bits per heavy atom. The Labute approximate surface area is 146 Å². The predicted octanol–water partition coefficient (Wildman–Crippen LogP) is 0.881. The van der Waals surface area contributed by atoms with Gasteiger partial charge in [0.1, 0.15) is 0 Å². The molecule has 6 rings (SSSR count). The Bertz CT molecular complexity index is 795. The number of hydrogen-bond donors (Lipinski definition) is 1. The number of imide groups is 1. The second-order valence-corrected chi connectivity index (χ2v) is 7.96. The van der Waals surface area contributed by atoms with Crippen LogP contribution in [0, 0.1) is 35.5 Å². The van der Waals surface area contributed by atoms with E-state index in [0.29, 0.717) is 16.3 Å². The number of rotatable bonds is 2. The van der Waals surface area contributed by atoms with Gasteiger partial charge in [-0.2, -0.15) is 10.1 Å². The SMILES string of the molecule is Cn1cc(Br)c(C(=O)NN2C(=O)[C@@H]3[C@H]4C=C[C@@H]([C@@H]5C[C@@H]45)[C@@H]3C2=O)n1. The van der Waals surface area contributed by atoms with Crippen molar-refractivity contribution in [3.05, 3.63) is 28.5 Å². The van der Waals surface area contributed by atoms with Crippen molar-refractivity contribution >= 4 is 33.7 Å². The molecule has 2 bridgehead atoms. The largest absolute Gasteiger partial charge is 0.291 e. The van der Waals surface area contributed by atoms with Crippen LogP contribution in [0.25, 0.3) is 0 Å². The molecule has 2 saturated carbocycles. The standard InChI is InChI=1S/C16H15BrN4O3/c1-20-5-10(17)13(18-20)14(22)19-21-15(23)11-6-2-3-7(9-4-8(6)9)12(11)16(21)24/h2-3,5-9,11-12H,4H2,1H3,(H,19,22)/t6-,7-,8-,9-,11-,12+/m0/s1. The van der Waals surface area contributed by atoms with E-state index >= 15 is 0 Å². The minimum absolute atomic E-state index is 0.143. The summed E-state index contributed by atoms with van der Waals surface area (Å²) in [7, 11) is 1.69. The van der Waals surface area contributed by atoms with E-state index in [-0.39, 0.29) is 41.2 Å². The zero-order chi connectivity index (χ0) is 16.7. The molecule has 0 spiro atoms. The van der Waals surface area contributed by atoms with Crippen LogP contribution >= 0.6 is 15.9 Å². The number of hydrogen-bond acceptors (Lipinski definition) is 4. The van der Waals surface area contributed by atoms with E-state index < -0.39 is 5.91 Å². The Kier molecular flexibility index (Phi) is 2.73. The van der Waals surface area contributed by atoms with Crippen molar-refractivity contribution in [1.82, 2.24) is 20.2 Å². The second kappa shape index (κ2) is 4.56. The first-order valence-corrected chi connectivity index (χ1v) is 8.83. The Balaban J connectivity index is 1.42. The van der Waals surface area contributed by atoms with Crippen molar-refractivity contribution in [2.24, 2.45) is 42.6 Å². The van der Waals surface area contributed by atoms with E-state index in [1.54, 1.807) is 13.2 Å². The van der Waals surface area contributed by atoms with Crippen molar-refractivity contribution in [3.8, 4) is 0 Å². The zero-order valence-corrected chi connectivity index (χ0v) is 14.4. The van der Waals surface area contributed by atoms with E-state index in [4.69, 9.17) is 0 Å². The topological polar surface area (TPSA) is 84.3 Å². The first-order chi connectivity index (χ1) is 11.5. The summed E-state index contributed by atoms with van der Waals surface area (Å²) in [5.41, 5.74) is 2.62. The third-order valence-corrected chi connectivity index (χ3v) is 6.46. The average Bonchev–Trinajstić information content (AvgIpc) is 3.26. The smallest absolute Gasteiger partial charge is 0.274 e. The van der Waals surface area contributed by atoms with Crippen LogP contribution in [0.5, 0.6) is 0 Å². The van der Waals surface area contributed by atoms with Gasteiger partial charge in [-0.15, -0.1) is 0 Å². The van der Waals surface area contributed by atoms with Crippen LogP contribution in [0.15, 0.2) is 22.8 Å². The molecule has 1 N–H and O–H groups in total. The maximum absolute atomic E-state index is 12.8. The average molecular weight is 391 g/mol. The van der Waals surface area contributed by atoms with Gasteiger partial charge in [-0.3, -0.25) is 24.5 Å². The molecule has 124 valence electrons. The van der Waals surface area contributed by atoms with Gasteiger partial charge in [0.15, 0.2) is 5.69 Å². The molecule has 5 aliphatic rings. The molecular formula is C16H15BrN4O3.